The molecule has 2 rings (SSSR count). The number of carbonyl (C=O) groups is 2. The molecule has 6 heteroatoms. The molecule has 3 unspecified atom stereocenters. The van der Waals surface area contributed by atoms with Gasteiger partial charge in [-0.3, -0.25) is 9.59 Å². The monoisotopic (exact) mass is 328 g/mol. The first-order chi connectivity index (χ1) is 10.8. The smallest absolute Gasteiger partial charge is 0.323 e. The molecule has 1 saturated heterocycles. The highest BCUT2D eigenvalue weighted by Crippen LogP contribution is 2.54. The first kappa shape index (κ1) is 18.2. The Balaban J connectivity index is 2.34. The maximum absolute atomic E-state index is 12.6. The largest absolute Gasteiger partial charge is 0.465 e. The Morgan fingerprint density at radius 3 is 1.91 bits per heavy atom. The van der Waals surface area contributed by atoms with Crippen LogP contribution in [0.4, 0.5) is 0 Å². The van der Waals surface area contributed by atoms with Crippen molar-refractivity contribution >= 4 is 11.9 Å². The maximum Gasteiger partial charge on any atom is 0.323 e. The van der Waals surface area contributed by atoms with Gasteiger partial charge in [-0.05, 0) is 40.5 Å². The van der Waals surface area contributed by atoms with E-state index >= 15 is 0 Å². The van der Waals surface area contributed by atoms with E-state index in [1.807, 2.05) is 20.8 Å². The van der Waals surface area contributed by atoms with Crippen LogP contribution in [0.5, 0.6) is 0 Å². The third kappa shape index (κ3) is 3.24. The molecule has 0 amide bonds. The topological polar surface area (TPSA) is 71.1 Å². The van der Waals surface area contributed by atoms with Crippen molar-refractivity contribution in [3.8, 4) is 0 Å². The summed E-state index contributed by atoms with van der Waals surface area (Å²) in [5.41, 5.74) is -1.35. The second-order valence-electron chi connectivity index (χ2n) is 6.71. The predicted molar refractivity (Wildman–Crippen MR) is 82.5 cm³/mol. The highest BCUT2D eigenvalue weighted by molar-refractivity contribution is 6.00. The summed E-state index contributed by atoms with van der Waals surface area (Å²) in [6.45, 7) is 9.81. The molecule has 3 atom stereocenters. The summed E-state index contributed by atoms with van der Waals surface area (Å²) in [7, 11) is 0. The molecule has 6 nitrogen and oxygen atoms in total. The van der Waals surface area contributed by atoms with Crippen molar-refractivity contribution in [2.24, 2.45) is 11.3 Å². The molecule has 2 fully saturated rings. The molecule has 2 aliphatic rings. The van der Waals surface area contributed by atoms with Gasteiger partial charge in [0.25, 0.3) is 0 Å². The Morgan fingerprint density at radius 2 is 1.48 bits per heavy atom. The zero-order valence-corrected chi connectivity index (χ0v) is 14.7. The second kappa shape index (κ2) is 6.77. The highest BCUT2D eigenvalue weighted by Gasteiger charge is 2.65. The van der Waals surface area contributed by atoms with E-state index < -0.39 is 23.1 Å². The van der Waals surface area contributed by atoms with E-state index in [4.69, 9.17) is 18.9 Å². The summed E-state index contributed by atoms with van der Waals surface area (Å²) < 4.78 is 22.5. The van der Waals surface area contributed by atoms with Crippen molar-refractivity contribution in [2.75, 3.05) is 13.2 Å². The summed E-state index contributed by atoms with van der Waals surface area (Å²) in [6.07, 6.45) is 1.28. The molecule has 1 heterocycles. The summed E-state index contributed by atoms with van der Waals surface area (Å²) in [5, 5.41) is 0. The molecule has 0 aromatic carbocycles. The lowest BCUT2D eigenvalue weighted by molar-refractivity contribution is -0.326. The fraction of sp³-hybridized carbons (Fsp3) is 0.882. The van der Waals surface area contributed by atoms with Crippen LogP contribution < -0.4 is 0 Å². The van der Waals surface area contributed by atoms with Gasteiger partial charge in [-0.1, -0.05) is 6.92 Å². The zero-order valence-electron chi connectivity index (χ0n) is 14.7. The SMILES string of the molecule is CCOC(=O)C1(C(=O)OCC)CC(C)C2(C1)OC(C)CC(C)O2. The van der Waals surface area contributed by atoms with Gasteiger partial charge in [0.05, 0.1) is 25.4 Å². The Hall–Kier alpha value is -1.14. The number of rotatable bonds is 4. The lowest BCUT2D eigenvalue weighted by atomic mass is 9.85. The lowest BCUT2D eigenvalue weighted by Gasteiger charge is -2.43. The van der Waals surface area contributed by atoms with Crippen LogP contribution in [0.2, 0.25) is 0 Å². The molecule has 0 aromatic rings. The van der Waals surface area contributed by atoms with Gasteiger partial charge >= 0.3 is 11.9 Å². The van der Waals surface area contributed by atoms with Crippen molar-refractivity contribution in [3.05, 3.63) is 0 Å². The number of hydrogen-bond acceptors (Lipinski definition) is 6. The number of hydrogen-bond donors (Lipinski definition) is 0. The first-order valence-corrected chi connectivity index (χ1v) is 8.49. The fourth-order valence-corrected chi connectivity index (χ4v) is 3.87. The van der Waals surface area contributed by atoms with E-state index in [0.717, 1.165) is 6.42 Å². The Bertz CT molecular complexity index is 432. The maximum atomic E-state index is 12.6. The number of ether oxygens (including phenoxy) is 4. The molecule has 0 radical (unpaired) electrons. The molecule has 1 aliphatic carbocycles. The minimum absolute atomic E-state index is 0.0152. The van der Waals surface area contributed by atoms with Crippen molar-refractivity contribution < 1.29 is 28.5 Å². The molecule has 1 aliphatic heterocycles. The van der Waals surface area contributed by atoms with E-state index in [0.29, 0.717) is 6.42 Å². The third-order valence-corrected chi connectivity index (χ3v) is 4.75. The normalized spacial score (nSPS) is 36.0. The molecule has 0 aromatic heterocycles. The van der Waals surface area contributed by atoms with Crippen molar-refractivity contribution in [1.29, 1.82) is 0 Å². The summed E-state index contributed by atoms with van der Waals surface area (Å²) >= 11 is 0. The Morgan fingerprint density at radius 1 is 1.00 bits per heavy atom. The summed E-state index contributed by atoms with van der Waals surface area (Å²) in [5.74, 6) is -2.13. The van der Waals surface area contributed by atoms with Crippen molar-refractivity contribution in [2.45, 2.75) is 71.9 Å². The Labute approximate surface area is 137 Å². The van der Waals surface area contributed by atoms with Crippen LogP contribution in [0.25, 0.3) is 0 Å². The third-order valence-electron chi connectivity index (χ3n) is 4.75. The Kier molecular flexibility index (Phi) is 5.36. The summed E-state index contributed by atoms with van der Waals surface area (Å²) in [4.78, 5) is 25.2. The van der Waals surface area contributed by atoms with E-state index in [-0.39, 0.29) is 37.8 Å². The summed E-state index contributed by atoms with van der Waals surface area (Å²) in [6, 6.07) is 0. The highest BCUT2D eigenvalue weighted by atomic mass is 16.7. The van der Waals surface area contributed by atoms with Gasteiger partial charge < -0.3 is 18.9 Å². The van der Waals surface area contributed by atoms with E-state index in [1.54, 1.807) is 13.8 Å². The van der Waals surface area contributed by atoms with Gasteiger partial charge in [0.1, 0.15) is 0 Å². The molecule has 1 spiro atoms. The molecule has 23 heavy (non-hydrogen) atoms. The number of carbonyl (C=O) groups excluding carboxylic acids is 2. The molecule has 132 valence electrons. The average Bonchev–Trinajstić information content (AvgIpc) is 2.72. The van der Waals surface area contributed by atoms with Gasteiger partial charge in [-0.25, -0.2) is 0 Å². The minimum atomic E-state index is -1.35. The van der Waals surface area contributed by atoms with Crippen LogP contribution in [0.3, 0.4) is 0 Å². The lowest BCUT2D eigenvalue weighted by Crippen LogP contribution is -2.50. The molecular weight excluding hydrogens is 300 g/mol. The second-order valence-corrected chi connectivity index (χ2v) is 6.71. The zero-order chi connectivity index (χ0) is 17.3. The van der Waals surface area contributed by atoms with Gasteiger partial charge in [0.15, 0.2) is 11.2 Å². The van der Waals surface area contributed by atoms with E-state index in [9.17, 15) is 9.59 Å². The predicted octanol–water partition coefficient (Wildman–Crippen LogP) is 2.44. The van der Waals surface area contributed by atoms with Gasteiger partial charge in [-0.15, -0.1) is 0 Å². The average molecular weight is 328 g/mol. The van der Waals surface area contributed by atoms with Gasteiger partial charge in [0, 0.05) is 12.3 Å². The van der Waals surface area contributed by atoms with Crippen LogP contribution in [0.1, 0.15) is 53.9 Å². The van der Waals surface area contributed by atoms with Crippen molar-refractivity contribution in [3.63, 3.8) is 0 Å². The standard InChI is InChI=1S/C17H28O6/c1-6-20-14(18)16(15(19)21-7-2)9-11(3)17(10-16)22-12(4)8-13(5)23-17/h11-13H,6-10H2,1-5H3. The van der Waals surface area contributed by atoms with Gasteiger partial charge in [0.2, 0.25) is 0 Å². The van der Waals surface area contributed by atoms with Crippen LogP contribution in [0.15, 0.2) is 0 Å². The van der Waals surface area contributed by atoms with Crippen molar-refractivity contribution in [1.82, 2.24) is 0 Å². The molecule has 0 N–H and O–H groups in total. The van der Waals surface area contributed by atoms with Crippen LogP contribution in [-0.2, 0) is 28.5 Å². The van der Waals surface area contributed by atoms with Crippen LogP contribution in [0, 0.1) is 11.3 Å². The van der Waals surface area contributed by atoms with Crippen LogP contribution >= 0.6 is 0 Å². The molecule has 1 saturated carbocycles. The fourth-order valence-electron chi connectivity index (χ4n) is 3.87. The van der Waals surface area contributed by atoms with E-state index in [2.05, 4.69) is 0 Å². The van der Waals surface area contributed by atoms with E-state index in [1.165, 1.54) is 0 Å². The molecule has 0 bridgehead atoms. The first-order valence-electron chi connectivity index (χ1n) is 8.49. The minimum Gasteiger partial charge on any atom is -0.465 e. The quantitative estimate of drug-likeness (QED) is 0.583. The van der Waals surface area contributed by atoms with Gasteiger partial charge in [-0.2, -0.15) is 0 Å². The molecular formula is C17H28O6. The number of esters is 2. The van der Waals surface area contributed by atoms with Crippen LogP contribution in [-0.4, -0.2) is 43.1 Å².